The molecule has 1 heteroatoms. The molecular weight excluding hydrogens is 136 g/mol. The molecule has 0 bridgehead atoms. The second-order valence-electron chi connectivity index (χ2n) is 2.80. The third-order valence-electron chi connectivity index (χ3n) is 1.42. The largest absolute Gasteiger partial charge is 0.300 e. The SMILES string of the molecule is CC.CCCC(C)CC(C)=O. The number of carbonyl (C=O) groups excluding carboxylic acids is 1. The van der Waals surface area contributed by atoms with Crippen molar-refractivity contribution in [1.82, 2.24) is 0 Å². The Morgan fingerprint density at radius 2 is 1.82 bits per heavy atom. The third kappa shape index (κ3) is 12.8. The molecule has 0 radical (unpaired) electrons. The summed E-state index contributed by atoms with van der Waals surface area (Å²) < 4.78 is 0. The Labute approximate surface area is 71.2 Å². The summed E-state index contributed by atoms with van der Waals surface area (Å²) in [6.45, 7) is 9.94. The van der Waals surface area contributed by atoms with Crippen molar-refractivity contribution in [3.63, 3.8) is 0 Å². The average molecular weight is 158 g/mol. The molecule has 0 N–H and O–H groups in total. The van der Waals surface area contributed by atoms with Crippen LogP contribution < -0.4 is 0 Å². The van der Waals surface area contributed by atoms with Crippen LogP contribution in [0.25, 0.3) is 0 Å². The van der Waals surface area contributed by atoms with Gasteiger partial charge in [0.1, 0.15) is 5.78 Å². The number of Topliss-reactive ketones (excluding diaryl/α,β-unsaturated/α-hetero) is 1. The smallest absolute Gasteiger partial charge is 0.130 e. The maximum absolute atomic E-state index is 10.5. The molecule has 0 aliphatic rings. The first-order valence-corrected chi connectivity index (χ1v) is 4.66. The van der Waals surface area contributed by atoms with Crippen LogP contribution in [-0.2, 0) is 4.79 Å². The second kappa shape index (κ2) is 9.67. The average Bonchev–Trinajstić information content (AvgIpc) is 1.91. The fourth-order valence-corrected chi connectivity index (χ4v) is 1.09. The molecule has 11 heavy (non-hydrogen) atoms. The van der Waals surface area contributed by atoms with Crippen molar-refractivity contribution in [2.45, 2.75) is 53.9 Å². The molecule has 0 aromatic rings. The lowest BCUT2D eigenvalue weighted by molar-refractivity contribution is -0.117. The Kier molecular flexibility index (Phi) is 11.7. The van der Waals surface area contributed by atoms with Gasteiger partial charge in [-0.25, -0.2) is 0 Å². The summed E-state index contributed by atoms with van der Waals surface area (Å²) in [5, 5.41) is 0. The summed E-state index contributed by atoms with van der Waals surface area (Å²) in [7, 11) is 0. The standard InChI is InChI=1S/C8H16O.C2H6/c1-4-5-7(2)6-8(3)9;1-2/h7H,4-6H2,1-3H3;1-2H3. The first-order chi connectivity index (χ1) is 5.16. The first-order valence-electron chi connectivity index (χ1n) is 4.66. The van der Waals surface area contributed by atoms with E-state index in [1.165, 1.54) is 12.8 Å². The van der Waals surface area contributed by atoms with Crippen LogP contribution in [0, 0.1) is 5.92 Å². The van der Waals surface area contributed by atoms with E-state index in [0.717, 1.165) is 6.42 Å². The molecule has 68 valence electrons. The topological polar surface area (TPSA) is 17.1 Å². The van der Waals surface area contributed by atoms with Gasteiger partial charge in [0.15, 0.2) is 0 Å². The highest BCUT2D eigenvalue weighted by atomic mass is 16.1. The van der Waals surface area contributed by atoms with Gasteiger partial charge in [0.25, 0.3) is 0 Å². The van der Waals surface area contributed by atoms with E-state index in [9.17, 15) is 4.79 Å². The van der Waals surface area contributed by atoms with E-state index in [0.29, 0.717) is 11.7 Å². The Morgan fingerprint density at radius 1 is 1.36 bits per heavy atom. The van der Waals surface area contributed by atoms with Gasteiger partial charge in [-0.1, -0.05) is 40.5 Å². The minimum atomic E-state index is 0.316. The monoisotopic (exact) mass is 158 g/mol. The summed E-state index contributed by atoms with van der Waals surface area (Å²) >= 11 is 0. The van der Waals surface area contributed by atoms with Crippen LogP contribution in [0.3, 0.4) is 0 Å². The molecule has 0 aromatic carbocycles. The number of ketones is 1. The van der Waals surface area contributed by atoms with Gasteiger partial charge < -0.3 is 4.79 Å². The van der Waals surface area contributed by atoms with Crippen LogP contribution in [0.1, 0.15) is 53.9 Å². The molecule has 0 aromatic heterocycles. The van der Waals surface area contributed by atoms with Gasteiger partial charge in [-0.15, -0.1) is 0 Å². The first kappa shape index (κ1) is 13.3. The zero-order valence-corrected chi connectivity index (χ0v) is 8.61. The van der Waals surface area contributed by atoms with Gasteiger partial charge in [0, 0.05) is 6.42 Å². The van der Waals surface area contributed by atoms with Crippen molar-refractivity contribution in [2.75, 3.05) is 0 Å². The lowest BCUT2D eigenvalue weighted by Crippen LogP contribution is -2.00. The highest BCUT2D eigenvalue weighted by Gasteiger charge is 2.02. The van der Waals surface area contributed by atoms with Crippen LogP contribution >= 0.6 is 0 Å². The third-order valence-corrected chi connectivity index (χ3v) is 1.42. The van der Waals surface area contributed by atoms with Crippen molar-refractivity contribution in [3.8, 4) is 0 Å². The number of hydrogen-bond acceptors (Lipinski definition) is 1. The molecular formula is C10H22O. The van der Waals surface area contributed by atoms with E-state index in [2.05, 4.69) is 13.8 Å². The van der Waals surface area contributed by atoms with Crippen molar-refractivity contribution >= 4 is 5.78 Å². The van der Waals surface area contributed by atoms with Gasteiger partial charge in [-0.2, -0.15) is 0 Å². The second-order valence-corrected chi connectivity index (χ2v) is 2.80. The van der Waals surface area contributed by atoms with E-state index in [1.54, 1.807) is 6.92 Å². The molecule has 0 spiro atoms. The van der Waals surface area contributed by atoms with E-state index < -0.39 is 0 Å². The van der Waals surface area contributed by atoms with Crippen LogP contribution in [0.4, 0.5) is 0 Å². The predicted octanol–water partition coefficient (Wildman–Crippen LogP) is 3.43. The molecule has 0 saturated heterocycles. The Bertz CT molecular complexity index is 86.9. The van der Waals surface area contributed by atoms with Gasteiger partial charge in [0.05, 0.1) is 0 Å². The fourth-order valence-electron chi connectivity index (χ4n) is 1.09. The maximum Gasteiger partial charge on any atom is 0.130 e. The highest BCUT2D eigenvalue weighted by molar-refractivity contribution is 5.75. The molecule has 0 amide bonds. The lowest BCUT2D eigenvalue weighted by atomic mass is 10.0. The van der Waals surface area contributed by atoms with E-state index in [-0.39, 0.29) is 0 Å². The predicted molar refractivity (Wildman–Crippen MR) is 50.7 cm³/mol. The van der Waals surface area contributed by atoms with Gasteiger partial charge in [-0.05, 0) is 12.8 Å². The Morgan fingerprint density at radius 3 is 2.09 bits per heavy atom. The molecule has 0 saturated carbocycles. The fraction of sp³-hybridized carbons (Fsp3) is 0.900. The summed E-state index contributed by atoms with van der Waals surface area (Å²) in [5.74, 6) is 0.906. The highest BCUT2D eigenvalue weighted by Crippen LogP contribution is 2.09. The van der Waals surface area contributed by atoms with E-state index in [4.69, 9.17) is 0 Å². The van der Waals surface area contributed by atoms with Crippen LogP contribution in [0.2, 0.25) is 0 Å². The number of hydrogen-bond donors (Lipinski definition) is 0. The molecule has 0 heterocycles. The van der Waals surface area contributed by atoms with Gasteiger partial charge in [0.2, 0.25) is 0 Å². The lowest BCUT2D eigenvalue weighted by Gasteiger charge is -2.04. The molecule has 1 nitrogen and oxygen atoms in total. The minimum absolute atomic E-state index is 0.316. The number of carbonyl (C=O) groups is 1. The van der Waals surface area contributed by atoms with Gasteiger partial charge >= 0.3 is 0 Å². The van der Waals surface area contributed by atoms with Crippen molar-refractivity contribution in [3.05, 3.63) is 0 Å². The molecule has 1 unspecified atom stereocenters. The van der Waals surface area contributed by atoms with Crippen LogP contribution in [0.5, 0.6) is 0 Å². The molecule has 0 aliphatic heterocycles. The number of rotatable bonds is 4. The Balaban J connectivity index is 0. The quantitative estimate of drug-likeness (QED) is 0.612. The van der Waals surface area contributed by atoms with Gasteiger partial charge in [-0.3, -0.25) is 0 Å². The van der Waals surface area contributed by atoms with E-state index >= 15 is 0 Å². The molecule has 0 rings (SSSR count). The summed E-state index contributed by atoms with van der Waals surface area (Å²) in [6.07, 6.45) is 3.13. The van der Waals surface area contributed by atoms with Crippen molar-refractivity contribution in [2.24, 2.45) is 5.92 Å². The van der Waals surface area contributed by atoms with Crippen LogP contribution in [-0.4, -0.2) is 5.78 Å². The zero-order valence-electron chi connectivity index (χ0n) is 8.61. The summed E-state index contributed by atoms with van der Waals surface area (Å²) in [5.41, 5.74) is 0. The Hall–Kier alpha value is -0.330. The van der Waals surface area contributed by atoms with Crippen LogP contribution in [0.15, 0.2) is 0 Å². The summed E-state index contributed by atoms with van der Waals surface area (Å²) in [6, 6.07) is 0. The van der Waals surface area contributed by atoms with Crippen molar-refractivity contribution in [1.29, 1.82) is 0 Å². The zero-order chi connectivity index (χ0) is 9.28. The molecule has 0 fully saturated rings. The summed E-state index contributed by atoms with van der Waals surface area (Å²) in [4.78, 5) is 10.5. The minimum Gasteiger partial charge on any atom is -0.300 e. The molecule has 1 atom stereocenters. The normalized spacial score (nSPS) is 11.4. The van der Waals surface area contributed by atoms with E-state index in [1.807, 2.05) is 13.8 Å². The maximum atomic E-state index is 10.5. The van der Waals surface area contributed by atoms with Crippen molar-refractivity contribution < 1.29 is 4.79 Å². The molecule has 0 aliphatic carbocycles.